The van der Waals surface area contributed by atoms with Crippen molar-refractivity contribution in [1.82, 2.24) is 5.16 Å². The Morgan fingerprint density at radius 3 is 2.94 bits per heavy atom. The molecule has 2 aromatic rings. The molecule has 0 saturated carbocycles. The zero-order valence-corrected chi connectivity index (χ0v) is 11.0. The largest absolute Gasteiger partial charge is 0.482 e. The summed E-state index contributed by atoms with van der Waals surface area (Å²) in [7, 11) is 0. The minimum absolute atomic E-state index is 0.0847. The van der Waals surface area contributed by atoms with E-state index >= 15 is 0 Å². The fourth-order valence-electron chi connectivity index (χ4n) is 1.37. The molecule has 0 N–H and O–H groups in total. The Kier molecular flexibility index (Phi) is 3.61. The number of hydrogen-bond acceptors (Lipinski definition) is 5. The number of hydrogen-bond donors (Lipinski definition) is 0. The minimum Gasteiger partial charge on any atom is -0.482 e. The highest BCUT2D eigenvalue weighted by Gasteiger charge is 2.16. The van der Waals surface area contributed by atoms with Gasteiger partial charge in [0.2, 0.25) is 0 Å². The molecule has 7 heteroatoms. The lowest BCUT2D eigenvalue weighted by atomic mass is 10.3. The number of halogens is 1. The fourth-order valence-corrected chi connectivity index (χ4v) is 1.72. The molecule has 2 rings (SSSR count). The van der Waals surface area contributed by atoms with Crippen LogP contribution < -0.4 is 4.74 Å². The zero-order chi connectivity index (χ0) is 13.1. The number of nitro groups is 1. The molecule has 0 aliphatic carbocycles. The number of aryl methyl sites for hydroxylation is 1. The molecular formula is C11H9BrN2O4. The average Bonchev–Trinajstić information content (AvgIpc) is 2.73. The quantitative estimate of drug-likeness (QED) is 0.639. The predicted octanol–water partition coefficient (Wildman–Crippen LogP) is 3.23. The summed E-state index contributed by atoms with van der Waals surface area (Å²) in [5.41, 5.74) is 0.672. The summed E-state index contributed by atoms with van der Waals surface area (Å²) in [6.45, 7) is 1.93. The Bertz CT molecular complexity index is 582. The molecule has 1 aromatic carbocycles. The van der Waals surface area contributed by atoms with Crippen LogP contribution in [0.1, 0.15) is 11.3 Å². The summed E-state index contributed by atoms with van der Waals surface area (Å²) in [6, 6.07) is 4.63. The first-order chi connectivity index (χ1) is 8.58. The van der Waals surface area contributed by atoms with Crippen molar-refractivity contribution in [1.29, 1.82) is 0 Å². The van der Waals surface area contributed by atoms with Crippen molar-refractivity contribution in [3.63, 3.8) is 0 Å². The molecule has 1 aromatic heterocycles. The van der Waals surface area contributed by atoms with E-state index in [2.05, 4.69) is 21.1 Å². The molecule has 0 atom stereocenters. The van der Waals surface area contributed by atoms with Crippen LogP contribution in [0, 0.1) is 17.0 Å². The predicted molar refractivity (Wildman–Crippen MR) is 66.4 cm³/mol. The van der Waals surface area contributed by atoms with Gasteiger partial charge in [0.05, 0.1) is 16.7 Å². The third kappa shape index (κ3) is 2.67. The second kappa shape index (κ2) is 5.18. The summed E-state index contributed by atoms with van der Waals surface area (Å²) in [5.74, 6) is 0.846. The van der Waals surface area contributed by atoms with Gasteiger partial charge in [-0.3, -0.25) is 10.1 Å². The second-order valence-corrected chi connectivity index (χ2v) is 4.48. The molecule has 0 unspecified atom stereocenters. The van der Waals surface area contributed by atoms with Gasteiger partial charge in [0.15, 0.2) is 5.75 Å². The van der Waals surface area contributed by atoms with Gasteiger partial charge < -0.3 is 9.26 Å². The molecule has 18 heavy (non-hydrogen) atoms. The third-order valence-electron chi connectivity index (χ3n) is 2.35. The van der Waals surface area contributed by atoms with Crippen LogP contribution in [0.2, 0.25) is 0 Å². The number of aromatic nitrogens is 1. The van der Waals surface area contributed by atoms with E-state index in [9.17, 15) is 10.1 Å². The molecule has 0 aliphatic heterocycles. The first kappa shape index (κ1) is 12.6. The average molecular weight is 313 g/mol. The van der Waals surface area contributed by atoms with E-state index in [4.69, 9.17) is 9.26 Å². The van der Waals surface area contributed by atoms with Crippen LogP contribution in [-0.4, -0.2) is 10.1 Å². The van der Waals surface area contributed by atoms with Gasteiger partial charge >= 0.3 is 5.69 Å². The van der Waals surface area contributed by atoms with Crippen molar-refractivity contribution in [2.75, 3.05) is 0 Å². The van der Waals surface area contributed by atoms with Gasteiger partial charge in [-0.05, 0) is 19.1 Å². The maximum Gasteiger partial charge on any atom is 0.312 e. The fraction of sp³-hybridized carbons (Fsp3) is 0.182. The summed E-state index contributed by atoms with van der Waals surface area (Å²) in [5, 5.41) is 14.5. The highest BCUT2D eigenvalue weighted by Crippen LogP contribution is 2.30. The molecule has 0 fully saturated rings. The molecule has 0 aliphatic rings. The summed E-state index contributed by atoms with van der Waals surface area (Å²) in [4.78, 5) is 10.4. The lowest BCUT2D eigenvalue weighted by molar-refractivity contribution is -0.386. The first-order valence-electron chi connectivity index (χ1n) is 5.05. The van der Waals surface area contributed by atoms with Gasteiger partial charge in [0.1, 0.15) is 12.4 Å². The standard InChI is InChI=1S/C11H9BrN2O4/c1-7-8(5-13-18-7)6-17-11-3-2-9(12)4-10(11)14(15)16/h2-5H,6H2,1H3. The van der Waals surface area contributed by atoms with E-state index in [1.165, 1.54) is 12.3 Å². The van der Waals surface area contributed by atoms with Gasteiger partial charge in [0.25, 0.3) is 0 Å². The molecule has 1 heterocycles. The van der Waals surface area contributed by atoms with Gasteiger partial charge in [-0.15, -0.1) is 0 Å². The summed E-state index contributed by atoms with van der Waals surface area (Å²) in [6.07, 6.45) is 1.53. The Hall–Kier alpha value is -1.89. The highest BCUT2D eigenvalue weighted by molar-refractivity contribution is 9.10. The molecule has 0 spiro atoms. The zero-order valence-electron chi connectivity index (χ0n) is 9.42. The van der Waals surface area contributed by atoms with Crippen molar-refractivity contribution < 1.29 is 14.2 Å². The Morgan fingerprint density at radius 1 is 1.56 bits per heavy atom. The topological polar surface area (TPSA) is 78.4 Å². The molecule has 0 radical (unpaired) electrons. The highest BCUT2D eigenvalue weighted by atomic mass is 79.9. The molecule has 0 saturated heterocycles. The van der Waals surface area contributed by atoms with Crippen LogP contribution in [0.15, 0.2) is 33.4 Å². The number of benzene rings is 1. The number of ether oxygens (including phenoxy) is 1. The smallest absolute Gasteiger partial charge is 0.312 e. The van der Waals surface area contributed by atoms with Crippen molar-refractivity contribution in [3.8, 4) is 5.75 Å². The molecule has 6 nitrogen and oxygen atoms in total. The van der Waals surface area contributed by atoms with Gasteiger partial charge in [-0.2, -0.15) is 0 Å². The van der Waals surface area contributed by atoms with Crippen LogP contribution in [0.5, 0.6) is 5.75 Å². The van der Waals surface area contributed by atoms with E-state index < -0.39 is 4.92 Å². The molecular weight excluding hydrogens is 304 g/mol. The number of nitro benzene ring substituents is 1. The molecule has 0 amide bonds. The lowest BCUT2D eigenvalue weighted by Crippen LogP contribution is -1.99. The van der Waals surface area contributed by atoms with Crippen LogP contribution >= 0.6 is 15.9 Å². The van der Waals surface area contributed by atoms with Crippen molar-refractivity contribution in [3.05, 3.63) is 50.3 Å². The second-order valence-electron chi connectivity index (χ2n) is 3.57. The maximum absolute atomic E-state index is 10.9. The molecule has 94 valence electrons. The first-order valence-corrected chi connectivity index (χ1v) is 5.84. The maximum atomic E-state index is 10.9. The van der Waals surface area contributed by atoms with Crippen LogP contribution in [0.4, 0.5) is 5.69 Å². The van der Waals surface area contributed by atoms with Gasteiger partial charge in [0, 0.05) is 10.5 Å². The van der Waals surface area contributed by atoms with Crippen LogP contribution in [0.25, 0.3) is 0 Å². The third-order valence-corrected chi connectivity index (χ3v) is 2.84. The summed E-state index contributed by atoms with van der Waals surface area (Å²) < 4.78 is 10.9. The number of rotatable bonds is 4. The minimum atomic E-state index is -0.486. The lowest BCUT2D eigenvalue weighted by Gasteiger charge is -2.05. The van der Waals surface area contributed by atoms with Crippen molar-refractivity contribution in [2.45, 2.75) is 13.5 Å². The monoisotopic (exact) mass is 312 g/mol. The Morgan fingerprint density at radius 2 is 2.33 bits per heavy atom. The summed E-state index contributed by atoms with van der Waals surface area (Å²) >= 11 is 3.18. The SMILES string of the molecule is Cc1oncc1COc1ccc(Br)cc1[N+](=O)[O-]. The van der Waals surface area contributed by atoms with E-state index in [0.717, 1.165) is 5.56 Å². The van der Waals surface area contributed by atoms with Crippen molar-refractivity contribution >= 4 is 21.6 Å². The number of nitrogens with zero attached hydrogens (tertiary/aromatic N) is 2. The van der Waals surface area contributed by atoms with Gasteiger partial charge in [-0.25, -0.2) is 0 Å². The Labute approximate surface area is 111 Å². The van der Waals surface area contributed by atoms with E-state index in [1.54, 1.807) is 19.1 Å². The van der Waals surface area contributed by atoms with E-state index in [-0.39, 0.29) is 18.0 Å². The van der Waals surface area contributed by atoms with E-state index in [1.807, 2.05) is 0 Å². The Balaban J connectivity index is 2.19. The van der Waals surface area contributed by atoms with Crippen LogP contribution in [0.3, 0.4) is 0 Å². The van der Waals surface area contributed by atoms with Gasteiger partial charge in [-0.1, -0.05) is 21.1 Å². The van der Waals surface area contributed by atoms with Crippen molar-refractivity contribution in [2.24, 2.45) is 0 Å². The van der Waals surface area contributed by atoms with E-state index in [0.29, 0.717) is 10.2 Å². The normalized spacial score (nSPS) is 10.3. The van der Waals surface area contributed by atoms with Crippen LogP contribution in [-0.2, 0) is 6.61 Å². The molecule has 0 bridgehead atoms.